The van der Waals surface area contributed by atoms with Crippen LogP contribution in [0.3, 0.4) is 0 Å². The van der Waals surface area contributed by atoms with Crippen molar-refractivity contribution in [3.8, 4) is 5.75 Å². The molecule has 4 atom stereocenters. The van der Waals surface area contributed by atoms with Gasteiger partial charge < -0.3 is 24.1 Å². The zero-order valence-corrected chi connectivity index (χ0v) is 11.7. The summed E-state index contributed by atoms with van der Waals surface area (Å²) < 4.78 is 21.4. The summed E-state index contributed by atoms with van der Waals surface area (Å²) in [6.07, 6.45) is -0.770. The minimum absolute atomic E-state index is 0.371. The fourth-order valence-electron chi connectivity index (χ4n) is 2.15. The third-order valence-corrected chi connectivity index (χ3v) is 3.30. The molecule has 0 bridgehead atoms. The van der Waals surface area contributed by atoms with E-state index in [1.807, 2.05) is 24.3 Å². The van der Waals surface area contributed by atoms with E-state index in [1.165, 1.54) is 7.11 Å². The first kappa shape index (κ1) is 15.0. The molecule has 0 spiro atoms. The van der Waals surface area contributed by atoms with Crippen LogP contribution in [0.4, 0.5) is 0 Å². The summed E-state index contributed by atoms with van der Waals surface area (Å²) in [6.45, 7) is 4.06. The Morgan fingerprint density at radius 3 is 2.55 bits per heavy atom. The fourth-order valence-corrected chi connectivity index (χ4v) is 2.15. The Morgan fingerprint density at radius 2 is 2.00 bits per heavy atom. The molecule has 5 heteroatoms. The van der Waals surface area contributed by atoms with Gasteiger partial charge in [0.25, 0.3) is 0 Å². The maximum absolute atomic E-state index is 10.1. The van der Waals surface area contributed by atoms with Crippen LogP contribution >= 0.6 is 0 Å². The largest absolute Gasteiger partial charge is 0.497 e. The third-order valence-electron chi connectivity index (χ3n) is 3.30. The average molecular weight is 280 g/mol. The molecular formula is C15H20O5. The van der Waals surface area contributed by atoms with Gasteiger partial charge in [0.05, 0.1) is 13.7 Å². The Bertz CT molecular complexity index is 430. The Hall–Kier alpha value is -1.40. The molecule has 1 aliphatic heterocycles. The predicted molar refractivity (Wildman–Crippen MR) is 73.4 cm³/mol. The SMILES string of the molecule is C=C[C@H]1O[C@@H](OC)[C@H](O)[C@H]1OCc1ccc(OC)cc1. The molecule has 20 heavy (non-hydrogen) atoms. The van der Waals surface area contributed by atoms with E-state index in [2.05, 4.69) is 6.58 Å². The zero-order valence-electron chi connectivity index (χ0n) is 11.7. The molecule has 5 nitrogen and oxygen atoms in total. The van der Waals surface area contributed by atoms with Crippen molar-refractivity contribution < 1.29 is 24.1 Å². The van der Waals surface area contributed by atoms with Crippen LogP contribution in [0.2, 0.25) is 0 Å². The van der Waals surface area contributed by atoms with Crippen molar-refractivity contribution in [1.29, 1.82) is 0 Å². The van der Waals surface area contributed by atoms with E-state index in [0.29, 0.717) is 6.61 Å². The summed E-state index contributed by atoms with van der Waals surface area (Å²) >= 11 is 0. The Balaban J connectivity index is 1.96. The van der Waals surface area contributed by atoms with E-state index in [1.54, 1.807) is 13.2 Å². The Kier molecular flexibility index (Phi) is 5.14. The molecule has 1 fully saturated rings. The topological polar surface area (TPSA) is 57.2 Å². The first-order chi connectivity index (χ1) is 9.69. The lowest BCUT2D eigenvalue weighted by molar-refractivity contribution is -0.143. The van der Waals surface area contributed by atoms with Crippen molar-refractivity contribution >= 4 is 0 Å². The monoisotopic (exact) mass is 280 g/mol. The van der Waals surface area contributed by atoms with Crippen LogP contribution in [0, 0.1) is 0 Å². The first-order valence-corrected chi connectivity index (χ1v) is 6.43. The minimum Gasteiger partial charge on any atom is -0.497 e. The van der Waals surface area contributed by atoms with Gasteiger partial charge in [0.15, 0.2) is 6.29 Å². The Morgan fingerprint density at radius 1 is 1.30 bits per heavy atom. The van der Waals surface area contributed by atoms with Gasteiger partial charge in [-0.1, -0.05) is 18.2 Å². The normalized spacial score (nSPS) is 29.4. The smallest absolute Gasteiger partial charge is 0.186 e. The number of hydrogen-bond acceptors (Lipinski definition) is 5. The maximum Gasteiger partial charge on any atom is 0.186 e. The van der Waals surface area contributed by atoms with E-state index >= 15 is 0 Å². The van der Waals surface area contributed by atoms with Crippen molar-refractivity contribution in [2.24, 2.45) is 0 Å². The molecular weight excluding hydrogens is 260 g/mol. The van der Waals surface area contributed by atoms with Crippen molar-refractivity contribution in [2.75, 3.05) is 14.2 Å². The van der Waals surface area contributed by atoms with E-state index in [9.17, 15) is 5.11 Å². The standard InChI is InChI=1S/C15H20O5/c1-4-12-14(13(16)15(18-3)20-12)19-9-10-5-7-11(17-2)8-6-10/h4-8,12-16H,1,9H2,2-3H3/t12-,13-,14+,15-/m1/s1. The molecule has 0 unspecified atom stereocenters. The third kappa shape index (κ3) is 3.19. The molecule has 0 saturated carbocycles. The molecule has 1 aliphatic rings. The molecule has 1 heterocycles. The quantitative estimate of drug-likeness (QED) is 0.800. The van der Waals surface area contributed by atoms with Crippen LogP contribution in [0.5, 0.6) is 5.75 Å². The zero-order chi connectivity index (χ0) is 14.5. The van der Waals surface area contributed by atoms with Crippen LogP contribution in [0.25, 0.3) is 0 Å². The van der Waals surface area contributed by atoms with Crippen molar-refractivity contribution in [2.45, 2.75) is 31.2 Å². The number of benzene rings is 1. The van der Waals surface area contributed by atoms with E-state index in [0.717, 1.165) is 11.3 Å². The molecule has 0 amide bonds. The summed E-state index contributed by atoms with van der Waals surface area (Å²) in [4.78, 5) is 0. The van der Waals surface area contributed by atoms with E-state index in [-0.39, 0.29) is 6.10 Å². The van der Waals surface area contributed by atoms with Gasteiger partial charge in [0.2, 0.25) is 0 Å². The lowest BCUT2D eigenvalue weighted by Gasteiger charge is -2.18. The van der Waals surface area contributed by atoms with Crippen molar-refractivity contribution in [3.05, 3.63) is 42.5 Å². The van der Waals surface area contributed by atoms with Gasteiger partial charge >= 0.3 is 0 Å². The lowest BCUT2D eigenvalue weighted by Crippen LogP contribution is -2.35. The molecule has 0 aliphatic carbocycles. The molecule has 1 saturated heterocycles. The molecule has 0 radical (unpaired) electrons. The van der Waals surface area contributed by atoms with Crippen LogP contribution in [0.1, 0.15) is 5.56 Å². The van der Waals surface area contributed by atoms with Gasteiger partial charge in [-0.15, -0.1) is 6.58 Å². The summed E-state index contributed by atoms with van der Waals surface area (Å²) in [6, 6.07) is 7.56. The summed E-state index contributed by atoms with van der Waals surface area (Å²) in [5, 5.41) is 10.1. The number of aliphatic hydroxyl groups excluding tert-OH is 1. The van der Waals surface area contributed by atoms with Gasteiger partial charge in [-0.2, -0.15) is 0 Å². The summed E-state index contributed by atoms with van der Waals surface area (Å²) in [5.41, 5.74) is 0.988. The number of rotatable bonds is 6. The highest BCUT2D eigenvalue weighted by atomic mass is 16.7. The van der Waals surface area contributed by atoms with Crippen molar-refractivity contribution in [1.82, 2.24) is 0 Å². The van der Waals surface area contributed by atoms with Crippen LogP contribution in [-0.4, -0.2) is 43.9 Å². The van der Waals surface area contributed by atoms with E-state index in [4.69, 9.17) is 18.9 Å². The van der Waals surface area contributed by atoms with Crippen molar-refractivity contribution in [3.63, 3.8) is 0 Å². The van der Waals surface area contributed by atoms with E-state index < -0.39 is 18.5 Å². The van der Waals surface area contributed by atoms with Gasteiger partial charge in [0, 0.05) is 7.11 Å². The molecule has 1 N–H and O–H groups in total. The van der Waals surface area contributed by atoms with Gasteiger partial charge in [-0.3, -0.25) is 0 Å². The number of ether oxygens (including phenoxy) is 4. The molecule has 110 valence electrons. The summed E-state index contributed by atoms with van der Waals surface area (Å²) in [5.74, 6) is 0.793. The Labute approximate surface area is 118 Å². The van der Waals surface area contributed by atoms with Gasteiger partial charge in [0.1, 0.15) is 24.1 Å². The first-order valence-electron chi connectivity index (χ1n) is 6.43. The molecule has 1 aromatic rings. The highest BCUT2D eigenvalue weighted by Gasteiger charge is 2.43. The second-order valence-electron chi connectivity index (χ2n) is 4.55. The lowest BCUT2D eigenvalue weighted by atomic mass is 10.1. The number of methoxy groups -OCH3 is 2. The molecule has 1 aromatic carbocycles. The highest BCUT2D eigenvalue weighted by molar-refractivity contribution is 5.26. The summed E-state index contributed by atoms with van der Waals surface area (Å²) in [7, 11) is 3.11. The fraction of sp³-hybridized carbons (Fsp3) is 0.467. The highest BCUT2D eigenvalue weighted by Crippen LogP contribution is 2.26. The van der Waals surface area contributed by atoms with Gasteiger partial charge in [-0.05, 0) is 17.7 Å². The minimum atomic E-state index is -0.832. The second kappa shape index (κ2) is 6.85. The van der Waals surface area contributed by atoms with Gasteiger partial charge in [-0.25, -0.2) is 0 Å². The van der Waals surface area contributed by atoms with Crippen LogP contribution < -0.4 is 4.74 Å². The van der Waals surface area contributed by atoms with Crippen LogP contribution in [-0.2, 0) is 20.8 Å². The molecule has 2 rings (SSSR count). The maximum atomic E-state index is 10.1. The number of hydrogen-bond donors (Lipinski definition) is 1. The second-order valence-corrected chi connectivity index (χ2v) is 4.55. The predicted octanol–water partition coefficient (Wildman–Crippen LogP) is 1.50. The van der Waals surface area contributed by atoms with Crippen LogP contribution in [0.15, 0.2) is 36.9 Å². The number of aliphatic hydroxyl groups is 1. The molecule has 0 aromatic heterocycles. The average Bonchev–Trinajstić information content (AvgIpc) is 2.81.